The average molecular weight is 247 g/mol. The molecule has 2 rings (SSSR count). The Labute approximate surface area is 106 Å². The molecule has 18 heavy (non-hydrogen) atoms. The molecule has 0 spiro atoms. The molecule has 1 amide bonds. The summed E-state index contributed by atoms with van der Waals surface area (Å²) in [7, 11) is 0. The molecule has 1 heterocycles. The van der Waals surface area contributed by atoms with Crippen molar-refractivity contribution in [3.63, 3.8) is 0 Å². The summed E-state index contributed by atoms with van der Waals surface area (Å²) in [5.74, 6) is -2.07. The first kappa shape index (κ1) is 12.6. The molecule has 1 aliphatic rings. The molecule has 2 atom stereocenters. The molecular weight excluding hydrogens is 230 g/mol. The Balaban J connectivity index is 2.41. The number of carboxylic acid groups (broad SMARTS) is 1. The lowest BCUT2D eigenvalue weighted by atomic mass is 9.98. The van der Waals surface area contributed by atoms with E-state index >= 15 is 0 Å². The number of amides is 1. The lowest BCUT2D eigenvalue weighted by molar-refractivity contribution is -0.143. The molecule has 4 heteroatoms. The maximum Gasteiger partial charge on any atom is 0.309 e. The minimum atomic E-state index is -0.899. The minimum Gasteiger partial charge on any atom is -0.481 e. The molecule has 1 aromatic rings. The van der Waals surface area contributed by atoms with Crippen LogP contribution in [0.15, 0.2) is 18.2 Å². The van der Waals surface area contributed by atoms with E-state index in [-0.39, 0.29) is 12.5 Å². The van der Waals surface area contributed by atoms with Crippen molar-refractivity contribution in [1.82, 2.24) is 0 Å². The largest absolute Gasteiger partial charge is 0.481 e. The zero-order valence-corrected chi connectivity index (χ0v) is 10.8. The zero-order chi connectivity index (χ0) is 13.4. The van der Waals surface area contributed by atoms with Crippen LogP contribution in [0.25, 0.3) is 0 Å². The summed E-state index contributed by atoms with van der Waals surface area (Å²) in [5.41, 5.74) is 2.86. The summed E-state index contributed by atoms with van der Waals surface area (Å²) >= 11 is 0. The number of hydrogen-bond acceptors (Lipinski definition) is 2. The topological polar surface area (TPSA) is 57.6 Å². The second-order valence-electron chi connectivity index (χ2n) is 4.92. The lowest BCUT2D eigenvalue weighted by Crippen LogP contribution is -2.27. The van der Waals surface area contributed by atoms with Crippen molar-refractivity contribution in [3.05, 3.63) is 29.3 Å². The number of carbonyl (C=O) groups is 2. The third-order valence-electron chi connectivity index (χ3n) is 3.66. The Kier molecular flexibility index (Phi) is 3.11. The fraction of sp³-hybridized carbons (Fsp3) is 0.429. The predicted molar refractivity (Wildman–Crippen MR) is 68.6 cm³/mol. The van der Waals surface area contributed by atoms with E-state index in [1.54, 1.807) is 11.8 Å². The van der Waals surface area contributed by atoms with Gasteiger partial charge in [0.05, 0.1) is 11.8 Å². The molecule has 0 aromatic heterocycles. The molecule has 1 fully saturated rings. The van der Waals surface area contributed by atoms with E-state index in [1.807, 2.05) is 32.0 Å². The summed E-state index contributed by atoms with van der Waals surface area (Å²) in [6, 6.07) is 5.82. The summed E-state index contributed by atoms with van der Waals surface area (Å²) < 4.78 is 0. The van der Waals surface area contributed by atoms with Crippen molar-refractivity contribution >= 4 is 17.6 Å². The van der Waals surface area contributed by atoms with E-state index < -0.39 is 17.8 Å². The Morgan fingerprint density at radius 3 is 2.33 bits per heavy atom. The maximum atomic E-state index is 12.2. The highest BCUT2D eigenvalue weighted by atomic mass is 16.4. The van der Waals surface area contributed by atoms with Crippen LogP contribution in [-0.4, -0.2) is 23.5 Å². The highest BCUT2D eigenvalue weighted by Gasteiger charge is 2.42. The molecule has 4 nitrogen and oxygen atoms in total. The number of benzene rings is 1. The molecule has 1 aliphatic heterocycles. The van der Waals surface area contributed by atoms with Crippen molar-refractivity contribution in [1.29, 1.82) is 0 Å². The standard InChI is InChI=1S/C14H17NO3/c1-8-5-4-6-9(2)12(8)15-7-11(14(17)18)10(3)13(15)16/h4-6,10-11H,7H2,1-3H3,(H,17,18)/t10-,11+/m0/s1. The van der Waals surface area contributed by atoms with Crippen molar-refractivity contribution in [3.8, 4) is 0 Å². The van der Waals surface area contributed by atoms with E-state index in [0.29, 0.717) is 0 Å². The fourth-order valence-electron chi connectivity index (χ4n) is 2.59. The van der Waals surface area contributed by atoms with Crippen molar-refractivity contribution in [2.45, 2.75) is 20.8 Å². The van der Waals surface area contributed by atoms with Crippen LogP contribution in [0, 0.1) is 25.7 Å². The predicted octanol–water partition coefficient (Wildman–Crippen LogP) is 1.99. The number of para-hydroxylation sites is 1. The second kappa shape index (κ2) is 4.44. The molecular formula is C14H17NO3. The smallest absolute Gasteiger partial charge is 0.309 e. The molecule has 1 saturated heterocycles. The van der Waals surface area contributed by atoms with Gasteiger partial charge in [-0.05, 0) is 25.0 Å². The van der Waals surface area contributed by atoms with Gasteiger partial charge in [0.1, 0.15) is 0 Å². The lowest BCUT2D eigenvalue weighted by Gasteiger charge is -2.21. The van der Waals surface area contributed by atoms with E-state index in [4.69, 9.17) is 5.11 Å². The van der Waals surface area contributed by atoms with Gasteiger partial charge < -0.3 is 10.0 Å². The molecule has 0 radical (unpaired) electrons. The Morgan fingerprint density at radius 2 is 1.89 bits per heavy atom. The normalized spacial score (nSPS) is 23.5. The molecule has 0 saturated carbocycles. The number of rotatable bonds is 2. The number of carbonyl (C=O) groups excluding carboxylic acids is 1. The number of nitrogens with zero attached hydrogens (tertiary/aromatic N) is 1. The van der Waals surface area contributed by atoms with Gasteiger partial charge >= 0.3 is 5.97 Å². The van der Waals surface area contributed by atoms with Gasteiger partial charge in [-0.2, -0.15) is 0 Å². The van der Waals surface area contributed by atoms with Crippen LogP contribution in [0.1, 0.15) is 18.1 Å². The Bertz CT molecular complexity index is 490. The quantitative estimate of drug-likeness (QED) is 0.869. The maximum absolute atomic E-state index is 12.2. The summed E-state index contributed by atoms with van der Waals surface area (Å²) in [5, 5.41) is 9.13. The molecule has 0 unspecified atom stereocenters. The van der Waals surface area contributed by atoms with Gasteiger partial charge in [0.15, 0.2) is 0 Å². The summed E-state index contributed by atoms with van der Waals surface area (Å²) in [6.07, 6.45) is 0. The fourth-order valence-corrected chi connectivity index (χ4v) is 2.59. The second-order valence-corrected chi connectivity index (χ2v) is 4.92. The SMILES string of the molecule is Cc1cccc(C)c1N1C[C@@H](C(=O)O)[C@H](C)C1=O. The number of aryl methyl sites for hydroxylation is 2. The Hall–Kier alpha value is -1.84. The number of aliphatic carboxylic acids is 1. The van der Waals surface area contributed by atoms with Crippen LogP contribution in [-0.2, 0) is 9.59 Å². The molecule has 0 aliphatic carbocycles. The van der Waals surface area contributed by atoms with Crippen LogP contribution in [0.4, 0.5) is 5.69 Å². The van der Waals surface area contributed by atoms with Crippen LogP contribution in [0.2, 0.25) is 0 Å². The molecule has 0 bridgehead atoms. The number of hydrogen-bond donors (Lipinski definition) is 1. The van der Waals surface area contributed by atoms with E-state index in [1.165, 1.54) is 0 Å². The third-order valence-corrected chi connectivity index (χ3v) is 3.66. The van der Waals surface area contributed by atoms with Crippen LogP contribution in [0.3, 0.4) is 0 Å². The average Bonchev–Trinajstić information content (AvgIpc) is 2.57. The third kappa shape index (κ3) is 1.88. The van der Waals surface area contributed by atoms with E-state index in [9.17, 15) is 9.59 Å². The van der Waals surface area contributed by atoms with Gasteiger partial charge in [-0.15, -0.1) is 0 Å². The van der Waals surface area contributed by atoms with Gasteiger partial charge in [0.25, 0.3) is 0 Å². The minimum absolute atomic E-state index is 0.0974. The highest BCUT2D eigenvalue weighted by molar-refractivity contribution is 6.01. The van der Waals surface area contributed by atoms with E-state index in [0.717, 1.165) is 16.8 Å². The summed E-state index contributed by atoms with van der Waals surface area (Å²) in [6.45, 7) is 5.83. The first-order chi connectivity index (χ1) is 8.43. The van der Waals surface area contributed by atoms with Crippen LogP contribution in [0.5, 0.6) is 0 Å². The molecule has 1 aromatic carbocycles. The first-order valence-electron chi connectivity index (χ1n) is 6.04. The van der Waals surface area contributed by atoms with Crippen molar-refractivity contribution in [2.75, 3.05) is 11.4 Å². The Morgan fingerprint density at radius 1 is 1.33 bits per heavy atom. The molecule has 1 N–H and O–H groups in total. The van der Waals surface area contributed by atoms with Gasteiger partial charge in [0, 0.05) is 12.2 Å². The van der Waals surface area contributed by atoms with Crippen LogP contribution < -0.4 is 4.90 Å². The van der Waals surface area contributed by atoms with Gasteiger partial charge in [-0.3, -0.25) is 9.59 Å². The van der Waals surface area contributed by atoms with Gasteiger partial charge in [-0.1, -0.05) is 25.1 Å². The number of carboxylic acids is 1. The summed E-state index contributed by atoms with van der Waals surface area (Å²) in [4.78, 5) is 24.9. The monoisotopic (exact) mass is 247 g/mol. The first-order valence-corrected chi connectivity index (χ1v) is 6.04. The van der Waals surface area contributed by atoms with Crippen LogP contribution >= 0.6 is 0 Å². The zero-order valence-electron chi connectivity index (χ0n) is 10.8. The van der Waals surface area contributed by atoms with Gasteiger partial charge in [0.2, 0.25) is 5.91 Å². The van der Waals surface area contributed by atoms with Gasteiger partial charge in [-0.25, -0.2) is 0 Å². The number of anilines is 1. The van der Waals surface area contributed by atoms with E-state index in [2.05, 4.69) is 0 Å². The van der Waals surface area contributed by atoms with Crippen molar-refractivity contribution in [2.24, 2.45) is 11.8 Å². The molecule has 96 valence electrons. The highest BCUT2D eigenvalue weighted by Crippen LogP contribution is 2.33. The van der Waals surface area contributed by atoms with Crippen molar-refractivity contribution < 1.29 is 14.7 Å².